The highest BCUT2D eigenvalue weighted by molar-refractivity contribution is 5.48. The number of benzene rings is 1. The molecule has 0 saturated heterocycles. The van der Waals surface area contributed by atoms with Gasteiger partial charge in [-0.3, -0.25) is 0 Å². The Morgan fingerprint density at radius 2 is 1.68 bits per heavy atom. The van der Waals surface area contributed by atoms with Gasteiger partial charge in [-0.05, 0) is 55.9 Å². The highest BCUT2D eigenvalue weighted by Gasteiger charge is 2.46. The van der Waals surface area contributed by atoms with Crippen molar-refractivity contribution in [3.8, 4) is 11.5 Å². The van der Waals surface area contributed by atoms with Gasteiger partial charge < -0.3 is 14.6 Å². The van der Waals surface area contributed by atoms with Gasteiger partial charge in [0, 0.05) is 11.8 Å². The van der Waals surface area contributed by atoms with E-state index in [0.29, 0.717) is 0 Å². The maximum absolute atomic E-state index is 10.1. The maximum atomic E-state index is 10.1. The van der Waals surface area contributed by atoms with Crippen molar-refractivity contribution in [2.24, 2.45) is 5.41 Å². The molecule has 19 heavy (non-hydrogen) atoms. The maximum Gasteiger partial charge on any atom is 0.161 e. The molecule has 102 valence electrons. The molecule has 0 amide bonds. The van der Waals surface area contributed by atoms with Gasteiger partial charge in [0.25, 0.3) is 0 Å². The van der Waals surface area contributed by atoms with Crippen molar-refractivity contribution < 1.29 is 14.6 Å². The average molecular weight is 260 g/mol. The van der Waals surface area contributed by atoms with E-state index < -0.39 is 5.60 Å². The lowest BCUT2D eigenvalue weighted by molar-refractivity contribution is 0.150. The van der Waals surface area contributed by atoms with Crippen LogP contribution >= 0.6 is 0 Å². The molecule has 1 aliphatic heterocycles. The molecule has 3 nitrogen and oxygen atoms in total. The average Bonchev–Trinajstić information content (AvgIpc) is 3.27. The van der Waals surface area contributed by atoms with Gasteiger partial charge >= 0.3 is 0 Å². The topological polar surface area (TPSA) is 38.7 Å². The van der Waals surface area contributed by atoms with Crippen molar-refractivity contribution in [2.45, 2.75) is 44.6 Å². The van der Waals surface area contributed by atoms with E-state index >= 15 is 0 Å². The Bertz CT molecular complexity index is 527. The van der Waals surface area contributed by atoms with Gasteiger partial charge in [0.1, 0.15) is 0 Å². The second-order valence-electron chi connectivity index (χ2n) is 6.70. The minimum atomic E-state index is -0.456. The summed E-state index contributed by atoms with van der Waals surface area (Å²) in [5.74, 6) is 1.72. The fraction of sp³-hybridized carbons (Fsp3) is 0.625. The largest absolute Gasteiger partial charge is 0.489 e. The molecule has 2 fully saturated rings. The van der Waals surface area contributed by atoms with Crippen LogP contribution in [0.1, 0.15) is 36.8 Å². The third kappa shape index (κ3) is 2.10. The number of hydrogen-bond acceptors (Lipinski definition) is 3. The van der Waals surface area contributed by atoms with Crippen LogP contribution in [0.5, 0.6) is 11.5 Å². The first kappa shape index (κ1) is 11.6. The lowest BCUT2D eigenvalue weighted by atomic mass is 10.0. The van der Waals surface area contributed by atoms with Gasteiger partial charge in [-0.15, -0.1) is 0 Å². The normalized spacial score (nSPS) is 24.9. The number of rotatable bonds is 2. The Balaban J connectivity index is 1.63. The molecule has 2 saturated carbocycles. The minimum absolute atomic E-state index is 0.280. The highest BCUT2D eigenvalue weighted by atomic mass is 16.5. The van der Waals surface area contributed by atoms with Gasteiger partial charge in [0.05, 0.1) is 18.8 Å². The number of aryl methyl sites for hydroxylation is 1. The Labute approximate surface area is 113 Å². The fourth-order valence-electron chi connectivity index (χ4n) is 2.76. The van der Waals surface area contributed by atoms with E-state index in [1.807, 2.05) is 0 Å². The van der Waals surface area contributed by atoms with Crippen molar-refractivity contribution >= 4 is 0 Å². The molecule has 1 N–H and O–H groups in total. The van der Waals surface area contributed by atoms with Gasteiger partial charge in [-0.2, -0.15) is 0 Å². The first-order chi connectivity index (χ1) is 9.08. The molecule has 1 spiro atoms. The Hall–Kier alpha value is -1.22. The van der Waals surface area contributed by atoms with Crippen LogP contribution in [0.4, 0.5) is 0 Å². The first-order valence-corrected chi connectivity index (χ1v) is 7.19. The third-order valence-electron chi connectivity index (χ3n) is 4.77. The van der Waals surface area contributed by atoms with E-state index in [9.17, 15) is 5.11 Å². The van der Waals surface area contributed by atoms with E-state index in [1.54, 1.807) is 0 Å². The Kier molecular flexibility index (Phi) is 2.23. The number of fused-ring (bicyclic) bond motifs is 1. The molecule has 0 radical (unpaired) electrons. The molecule has 3 heteroatoms. The molecule has 4 rings (SSSR count). The molecule has 3 aliphatic rings. The van der Waals surface area contributed by atoms with Crippen LogP contribution in [0.3, 0.4) is 0 Å². The molecule has 0 aromatic heterocycles. The Morgan fingerprint density at radius 3 is 2.26 bits per heavy atom. The van der Waals surface area contributed by atoms with Crippen molar-refractivity contribution in [2.75, 3.05) is 13.2 Å². The predicted octanol–water partition coefficient (Wildman–Crippen LogP) is 2.61. The second-order valence-corrected chi connectivity index (χ2v) is 6.70. The number of ether oxygens (including phenoxy) is 2. The van der Waals surface area contributed by atoms with E-state index in [2.05, 4.69) is 19.1 Å². The summed E-state index contributed by atoms with van der Waals surface area (Å²) in [6, 6.07) is 4.14. The lowest BCUT2D eigenvalue weighted by Gasteiger charge is -2.14. The molecule has 1 aromatic rings. The van der Waals surface area contributed by atoms with Crippen LogP contribution in [-0.4, -0.2) is 23.9 Å². The van der Waals surface area contributed by atoms with Gasteiger partial charge in [-0.25, -0.2) is 0 Å². The third-order valence-corrected chi connectivity index (χ3v) is 4.77. The van der Waals surface area contributed by atoms with Crippen LogP contribution in [0.2, 0.25) is 0 Å². The number of hydrogen-bond donors (Lipinski definition) is 1. The van der Waals surface area contributed by atoms with E-state index in [0.717, 1.165) is 44.0 Å². The smallest absolute Gasteiger partial charge is 0.161 e. The minimum Gasteiger partial charge on any atom is -0.489 e. The standard InChI is InChI=1S/C16H20O3/c1-11-6-13-14(7-12(11)8-16(17)4-5-16)19-10-15(2-3-15)9-18-13/h6-7,17H,2-5,8-10H2,1H3. The second kappa shape index (κ2) is 3.66. The highest BCUT2D eigenvalue weighted by Crippen LogP contribution is 2.49. The zero-order valence-corrected chi connectivity index (χ0v) is 11.4. The summed E-state index contributed by atoms with van der Waals surface area (Å²) >= 11 is 0. The van der Waals surface area contributed by atoms with Crippen LogP contribution < -0.4 is 9.47 Å². The van der Waals surface area contributed by atoms with Crippen molar-refractivity contribution in [3.63, 3.8) is 0 Å². The Morgan fingerprint density at radius 1 is 1.05 bits per heavy atom. The van der Waals surface area contributed by atoms with Crippen LogP contribution in [0.15, 0.2) is 12.1 Å². The molecular weight excluding hydrogens is 240 g/mol. The summed E-state index contributed by atoms with van der Waals surface area (Å²) in [6.45, 7) is 3.64. The molecule has 1 heterocycles. The van der Waals surface area contributed by atoms with Crippen LogP contribution in [0.25, 0.3) is 0 Å². The summed E-state index contributed by atoms with van der Waals surface area (Å²) in [4.78, 5) is 0. The summed E-state index contributed by atoms with van der Waals surface area (Å²) in [7, 11) is 0. The molecular formula is C16H20O3. The molecule has 0 bridgehead atoms. The number of aliphatic hydroxyl groups is 1. The molecule has 1 aromatic carbocycles. The SMILES string of the molecule is Cc1cc2c(cc1CC1(O)CC1)OCC1(CC1)CO2. The molecule has 0 unspecified atom stereocenters. The van der Waals surface area contributed by atoms with Crippen LogP contribution in [0, 0.1) is 12.3 Å². The zero-order chi connectivity index (χ0) is 13.1. The monoisotopic (exact) mass is 260 g/mol. The van der Waals surface area contributed by atoms with Gasteiger partial charge in [-0.1, -0.05) is 0 Å². The predicted molar refractivity (Wildman–Crippen MR) is 71.7 cm³/mol. The van der Waals surface area contributed by atoms with E-state index in [1.165, 1.54) is 24.0 Å². The van der Waals surface area contributed by atoms with Crippen molar-refractivity contribution in [1.82, 2.24) is 0 Å². The molecule has 0 atom stereocenters. The van der Waals surface area contributed by atoms with E-state index in [-0.39, 0.29) is 5.41 Å². The summed E-state index contributed by atoms with van der Waals surface area (Å²) in [5.41, 5.74) is 2.20. The summed E-state index contributed by atoms with van der Waals surface area (Å²) in [5, 5.41) is 10.1. The summed E-state index contributed by atoms with van der Waals surface area (Å²) in [6.07, 6.45) is 5.01. The van der Waals surface area contributed by atoms with Crippen molar-refractivity contribution in [1.29, 1.82) is 0 Å². The summed E-state index contributed by atoms with van der Waals surface area (Å²) < 4.78 is 11.9. The lowest BCUT2D eigenvalue weighted by Crippen LogP contribution is -2.17. The van der Waals surface area contributed by atoms with Gasteiger partial charge in [0.15, 0.2) is 11.5 Å². The zero-order valence-electron chi connectivity index (χ0n) is 11.4. The fourth-order valence-corrected chi connectivity index (χ4v) is 2.76. The van der Waals surface area contributed by atoms with Gasteiger partial charge in [0.2, 0.25) is 0 Å². The quantitative estimate of drug-likeness (QED) is 0.888. The van der Waals surface area contributed by atoms with Crippen molar-refractivity contribution in [3.05, 3.63) is 23.3 Å². The first-order valence-electron chi connectivity index (χ1n) is 7.19. The van der Waals surface area contributed by atoms with Crippen LogP contribution in [-0.2, 0) is 6.42 Å². The van der Waals surface area contributed by atoms with E-state index in [4.69, 9.17) is 9.47 Å². The molecule has 2 aliphatic carbocycles.